The van der Waals surface area contributed by atoms with Crippen LogP contribution in [0.1, 0.15) is 31.9 Å². The molecule has 1 aromatic carbocycles. The molecule has 1 aliphatic heterocycles. The fourth-order valence-electron chi connectivity index (χ4n) is 2.68. The summed E-state index contributed by atoms with van der Waals surface area (Å²) in [4.78, 5) is 0.379. The third-order valence-corrected chi connectivity index (χ3v) is 5.89. The number of alkyl halides is 1. The van der Waals surface area contributed by atoms with E-state index in [-0.39, 0.29) is 12.2 Å². The Balaban J connectivity index is 2.43. The summed E-state index contributed by atoms with van der Waals surface area (Å²) in [6.45, 7) is 6.53. The summed E-state index contributed by atoms with van der Waals surface area (Å²) in [5.41, 5.74) is 1.65. The van der Waals surface area contributed by atoms with Gasteiger partial charge in [0.2, 0.25) is 10.0 Å². The summed E-state index contributed by atoms with van der Waals surface area (Å²) in [5.74, 6) is 0.308. The van der Waals surface area contributed by atoms with E-state index in [2.05, 4.69) is 0 Å². The molecule has 2 rings (SSSR count). The van der Waals surface area contributed by atoms with E-state index in [0.29, 0.717) is 30.3 Å². The Labute approximate surface area is 132 Å². The van der Waals surface area contributed by atoms with E-state index in [1.54, 1.807) is 6.07 Å². The van der Waals surface area contributed by atoms with Gasteiger partial charge in [0, 0.05) is 19.0 Å². The molecular weight excluding hydrogens is 310 g/mol. The van der Waals surface area contributed by atoms with Crippen molar-refractivity contribution in [2.45, 2.75) is 50.2 Å². The monoisotopic (exact) mass is 331 g/mol. The van der Waals surface area contributed by atoms with Crippen LogP contribution in [0.3, 0.4) is 0 Å². The number of halogens is 1. The first-order chi connectivity index (χ1) is 9.88. The third kappa shape index (κ3) is 3.59. The topological polar surface area (TPSA) is 46.6 Å². The van der Waals surface area contributed by atoms with E-state index in [1.165, 1.54) is 4.31 Å². The van der Waals surface area contributed by atoms with Crippen molar-refractivity contribution in [3.05, 3.63) is 29.3 Å². The largest absolute Gasteiger partial charge is 0.373 e. The highest BCUT2D eigenvalue weighted by Crippen LogP contribution is 2.26. The van der Waals surface area contributed by atoms with Crippen molar-refractivity contribution in [1.29, 1.82) is 0 Å². The normalized spacial score (nSPS) is 24.2. The second-order valence-electron chi connectivity index (χ2n) is 5.51. The Morgan fingerprint density at radius 1 is 1.29 bits per heavy atom. The van der Waals surface area contributed by atoms with Crippen molar-refractivity contribution in [3.8, 4) is 0 Å². The third-order valence-electron chi connectivity index (χ3n) is 3.67. The van der Waals surface area contributed by atoms with Crippen LogP contribution in [-0.4, -0.2) is 38.0 Å². The van der Waals surface area contributed by atoms with Crippen LogP contribution in [0.4, 0.5) is 0 Å². The molecular formula is C15H22ClNO3S. The molecule has 2 atom stereocenters. The highest BCUT2D eigenvalue weighted by atomic mass is 35.5. The maximum atomic E-state index is 13.0. The Morgan fingerprint density at radius 2 is 1.90 bits per heavy atom. The minimum absolute atomic E-state index is 0.0928. The number of ether oxygens (including phenoxy) is 1. The van der Waals surface area contributed by atoms with Crippen LogP contribution in [0.25, 0.3) is 0 Å². The van der Waals surface area contributed by atoms with Crippen LogP contribution < -0.4 is 0 Å². The lowest BCUT2D eigenvalue weighted by atomic mass is 10.1. The number of benzene rings is 1. The first-order valence-electron chi connectivity index (χ1n) is 7.21. The van der Waals surface area contributed by atoms with Gasteiger partial charge in [0.05, 0.1) is 17.1 Å². The fourth-order valence-corrected chi connectivity index (χ4v) is 4.78. The molecule has 0 aliphatic carbocycles. The smallest absolute Gasteiger partial charge is 0.243 e. The molecule has 1 aliphatic rings. The lowest BCUT2D eigenvalue weighted by Gasteiger charge is -2.34. The van der Waals surface area contributed by atoms with E-state index >= 15 is 0 Å². The van der Waals surface area contributed by atoms with Crippen molar-refractivity contribution in [1.82, 2.24) is 4.31 Å². The number of aryl methyl sites for hydroxylation is 1. The van der Waals surface area contributed by atoms with Crippen LogP contribution >= 0.6 is 11.6 Å². The average Bonchev–Trinajstić information content (AvgIpc) is 2.45. The van der Waals surface area contributed by atoms with Crippen LogP contribution in [0.15, 0.2) is 23.1 Å². The minimum Gasteiger partial charge on any atom is -0.373 e. The van der Waals surface area contributed by atoms with Gasteiger partial charge >= 0.3 is 0 Å². The summed E-state index contributed by atoms with van der Waals surface area (Å²) in [5, 5.41) is 0. The summed E-state index contributed by atoms with van der Waals surface area (Å²) < 4.78 is 33.1. The van der Waals surface area contributed by atoms with Gasteiger partial charge in [0.15, 0.2) is 0 Å². The van der Waals surface area contributed by atoms with Crippen molar-refractivity contribution in [2.24, 2.45) is 0 Å². The summed E-state index contributed by atoms with van der Waals surface area (Å²) in [6, 6.07) is 5.44. The molecule has 0 amide bonds. The molecule has 6 heteroatoms. The maximum Gasteiger partial charge on any atom is 0.243 e. The Bertz CT molecular complexity index is 593. The molecule has 1 fully saturated rings. The van der Waals surface area contributed by atoms with Crippen LogP contribution in [0.2, 0.25) is 0 Å². The lowest BCUT2D eigenvalue weighted by molar-refractivity contribution is -0.0441. The van der Waals surface area contributed by atoms with Gasteiger partial charge in [-0.15, -0.1) is 11.6 Å². The minimum atomic E-state index is -3.51. The second kappa shape index (κ2) is 6.65. The van der Waals surface area contributed by atoms with Gasteiger partial charge < -0.3 is 4.74 Å². The van der Waals surface area contributed by atoms with Gasteiger partial charge in [-0.25, -0.2) is 8.42 Å². The summed E-state index contributed by atoms with van der Waals surface area (Å²) in [6.07, 6.45) is 0.488. The lowest BCUT2D eigenvalue weighted by Crippen LogP contribution is -2.48. The Hall–Kier alpha value is -0.620. The van der Waals surface area contributed by atoms with Crippen molar-refractivity contribution in [3.63, 3.8) is 0 Å². The molecule has 1 heterocycles. The summed E-state index contributed by atoms with van der Waals surface area (Å²) >= 11 is 5.85. The average molecular weight is 332 g/mol. The number of morpholine rings is 1. The number of hydrogen-bond donors (Lipinski definition) is 0. The van der Waals surface area contributed by atoms with Crippen molar-refractivity contribution >= 4 is 21.6 Å². The zero-order valence-corrected chi connectivity index (χ0v) is 14.2. The molecule has 21 heavy (non-hydrogen) atoms. The fraction of sp³-hybridized carbons (Fsp3) is 0.600. The molecule has 1 aromatic rings. The molecule has 0 N–H and O–H groups in total. The van der Waals surface area contributed by atoms with Crippen LogP contribution in [-0.2, 0) is 27.1 Å². The van der Waals surface area contributed by atoms with Gasteiger partial charge in [-0.2, -0.15) is 4.31 Å². The van der Waals surface area contributed by atoms with Crippen LogP contribution in [0.5, 0.6) is 0 Å². The van der Waals surface area contributed by atoms with E-state index in [1.807, 2.05) is 32.9 Å². The Kier molecular flexibility index (Phi) is 5.30. The predicted molar refractivity (Wildman–Crippen MR) is 84.1 cm³/mol. The highest BCUT2D eigenvalue weighted by molar-refractivity contribution is 7.89. The SMILES string of the molecule is CCc1ccc(CCl)cc1S(=O)(=O)N1C[C@@H](C)O[C@@H](C)C1. The molecule has 0 aromatic heterocycles. The zero-order valence-electron chi connectivity index (χ0n) is 12.7. The van der Waals surface area contributed by atoms with Gasteiger partial charge in [-0.1, -0.05) is 19.1 Å². The number of rotatable bonds is 4. The quantitative estimate of drug-likeness (QED) is 0.797. The van der Waals surface area contributed by atoms with Crippen molar-refractivity contribution in [2.75, 3.05) is 13.1 Å². The van der Waals surface area contributed by atoms with Crippen LogP contribution in [0, 0.1) is 0 Å². The molecule has 0 saturated carbocycles. The zero-order chi connectivity index (χ0) is 15.6. The van der Waals surface area contributed by atoms with E-state index in [0.717, 1.165) is 11.1 Å². The molecule has 0 unspecified atom stereocenters. The van der Waals surface area contributed by atoms with E-state index < -0.39 is 10.0 Å². The van der Waals surface area contributed by atoms with Gasteiger partial charge in [0.25, 0.3) is 0 Å². The standard InChI is InChI=1S/C15H22ClNO3S/c1-4-14-6-5-13(8-16)7-15(14)21(18,19)17-9-11(2)20-12(3)10-17/h5-7,11-12H,4,8-10H2,1-3H3/t11-,12+. The van der Waals surface area contributed by atoms with E-state index in [4.69, 9.17) is 16.3 Å². The molecule has 0 bridgehead atoms. The number of hydrogen-bond acceptors (Lipinski definition) is 3. The van der Waals surface area contributed by atoms with E-state index in [9.17, 15) is 8.42 Å². The first-order valence-corrected chi connectivity index (χ1v) is 9.19. The molecule has 1 saturated heterocycles. The van der Waals surface area contributed by atoms with Gasteiger partial charge in [-0.05, 0) is 37.5 Å². The van der Waals surface area contributed by atoms with Crippen molar-refractivity contribution < 1.29 is 13.2 Å². The maximum absolute atomic E-state index is 13.0. The highest BCUT2D eigenvalue weighted by Gasteiger charge is 2.33. The number of nitrogens with zero attached hydrogens (tertiary/aromatic N) is 1. The van der Waals surface area contributed by atoms with Gasteiger partial charge in [-0.3, -0.25) is 0 Å². The second-order valence-corrected chi connectivity index (χ2v) is 7.68. The summed E-state index contributed by atoms with van der Waals surface area (Å²) in [7, 11) is -3.51. The predicted octanol–water partition coefficient (Wildman–Crippen LogP) is 2.79. The number of sulfonamides is 1. The molecule has 0 spiro atoms. The molecule has 4 nitrogen and oxygen atoms in total. The Morgan fingerprint density at radius 3 is 2.43 bits per heavy atom. The van der Waals surface area contributed by atoms with Gasteiger partial charge in [0.1, 0.15) is 0 Å². The molecule has 118 valence electrons. The first kappa shape index (κ1) is 16.7. The molecule has 0 radical (unpaired) electrons.